The van der Waals surface area contributed by atoms with Crippen LogP contribution < -0.4 is 4.74 Å². The standard InChI is InChI=1S/C16H18N2O3/c1-10-9-19-6-5-13(10)16-17-15(18-21-16)12-2-3-14-11(8-12)4-7-20-14/h2-3,8,10,13H,4-7,9H2,1H3/t10-,13-/m1/s1. The van der Waals surface area contributed by atoms with E-state index in [4.69, 9.17) is 14.0 Å². The Hall–Kier alpha value is -1.88. The van der Waals surface area contributed by atoms with Gasteiger partial charge in [-0.1, -0.05) is 12.1 Å². The van der Waals surface area contributed by atoms with Gasteiger partial charge in [-0.05, 0) is 36.1 Å². The number of hydrogen-bond acceptors (Lipinski definition) is 5. The molecule has 0 N–H and O–H groups in total. The largest absolute Gasteiger partial charge is 0.493 e. The molecule has 1 saturated heterocycles. The maximum Gasteiger partial charge on any atom is 0.230 e. The first-order valence-electron chi connectivity index (χ1n) is 7.49. The van der Waals surface area contributed by atoms with E-state index in [2.05, 4.69) is 23.1 Å². The molecule has 0 aliphatic carbocycles. The quantitative estimate of drug-likeness (QED) is 0.849. The number of aromatic nitrogens is 2. The van der Waals surface area contributed by atoms with Gasteiger partial charge in [0.2, 0.25) is 11.7 Å². The van der Waals surface area contributed by atoms with E-state index in [1.165, 1.54) is 5.56 Å². The molecule has 110 valence electrons. The van der Waals surface area contributed by atoms with Gasteiger partial charge in [0.25, 0.3) is 0 Å². The van der Waals surface area contributed by atoms with Crippen molar-refractivity contribution in [3.8, 4) is 17.1 Å². The number of rotatable bonds is 2. The Bertz CT molecular complexity index is 653. The van der Waals surface area contributed by atoms with E-state index < -0.39 is 0 Å². The first-order chi connectivity index (χ1) is 10.3. The minimum absolute atomic E-state index is 0.303. The zero-order chi connectivity index (χ0) is 14.2. The molecule has 21 heavy (non-hydrogen) atoms. The van der Waals surface area contributed by atoms with Crippen molar-refractivity contribution in [2.24, 2.45) is 5.92 Å². The molecule has 5 nitrogen and oxygen atoms in total. The maximum atomic E-state index is 5.53. The molecule has 2 atom stereocenters. The van der Waals surface area contributed by atoms with Gasteiger partial charge in [-0.2, -0.15) is 4.98 Å². The lowest BCUT2D eigenvalue weighted by molar-refractivity contribution is 0.0392. The van der Waals surface area contributed by atoms with Crippen LogP contribution in [0.2, 0.25) is 0 Å². The second-order valence-electron chi connectivity index (χ2n) is 5.82. The molecule has 0 radical (unpaired) electrons. The Balaban J connectivity index is 1.62. The molecule has 2 aromatic rings. The zero-order valence-corrected chi connectivity index (χ0v) is 12.0. The van der Waals surface area contributed by atoms with Crippen LogP contribution in [0.15, 0.2) is 22.7 Å². The third-order valence-electron chi connectivity index (χ3n) is 4.35. The predicted octanol–water partition coefficient (Wildman–Crippen LogP) is 2.81. The molecule has 0 bridgehead atoms. The molecule has 0 amide bonds. The summed E-state index contributed by atoms with van der Waals surface area (Å²) in [4.78, 5) is 4.61. The first-order valence-corrected chi connectivity index (χ1v) is 7.49. The second-order valence-corrected chi connectivity index (χ2v) is 5.82. The Kier molecular flexibility index (Phi) is 3.15. The van der Waals surface area contributed by atoms with Gasteiger partial charge in [-0.15, -0.1) is 0 Å². The van der Waals surface area contributed by atoms with Gasteiger partial charge >= 0.3 is 0 Å². The van der Waals surface area contributed by atoms with Crippen molar-refractivity contribution >= 4 is 0 Å². The molecule has 0 unspecified atom stereocenters. The summed E-state index contributed by atoms with van der Waals surface area (Å²) in [5, 5.41) is 4.15. The molecule has 1 aromatic heterocycles. The van der Waals surface area contributed by atoms with Crippen LogP contribution in [-0.4, -0.2) is 30.0 Å². The molecule has 0 saturated carbocycles. The Morgan fingerprint density at radius 1 is 1.24 bits per heavy atom. The normalized spacial score (nSPS) is 24.6. The summed E-state index contributed by atoms with van der Waals surface area (Å²) >= 11 is 0. The Labute approximate surface area is 123 Å². The van der Waals surface area contributed by atoms with Crippen molar-refractivity contribution in [1.29, 1.82) is 0 Å². The van der Waals surface area contributed by atoms with Gasteiger partial charge in [0.05, 0.1) is 6.61 Å². The van der Waals surface area contributed by atoms with Gasteiger partial charge < -0.3 is 14.0 Å². The Morgan fingerprint density at radius 3 is 3.10 bits per heavy atom. The smallest absolute Gasteiger partial charge is 0.230 e. The predicted molar refractivity (Wildman–Crippen MR) is 76.3 cm³/mol. The van der Waals surface area contributed by atoms with Crippen LogP contribution in [0.25, 0.3) is 11.4 Å². The zero-order valence-electron chi connectivity index (χ0n) is 12.0. The lowest BCUT2D eigenvalue weighted by atomic mass is 9.90. The van der Waals surface area contributed by atoms with Crippen molar-refractivity contribution in [3.05, 3.63) is 29.7 Å². The molecular weight excluding hydrogens is 268 g/mol. The molecular formula is C16H18N2O3. The summed E-state index contributed by atoms with van der Waals surface area (Å²) in [6.07, 6.45) is 1.89. The molecule has 4 rings (SSSR count). The van der Waals surface area contributed by atoms with E-state index in [-0.39, 0.29) is 0 Å². The summed E-state index contributed by atoms with van der Waals surface area (Å²) < 4.78 is 16.5. The fourth-order valence-corrected chi connectivity index (χ4v) is 3.08. The summed E-state index contributed by atoms with van der Waals surface area (Å²) in [7, 11) is 0. The van der Waals surface area contributed by atoms with Crippen LogP contribution in [0.3, 0.4) is 0 Å². The fourth-order valence-electron chi connectivity index (χ4n) is 3.08. The van der Waals surface area contributed by atoms with Crippen molar-refractivity contribution in [3.63, 3.8) is 0 Å². The lowest BCUT2D eigenvalue weighted by Crippen LogP contribution is -2.23. The van der Waals surface area contributed by atoms with Crippen LogP contribution in [0.4, 0.5) is 0 Å². The fraction of sp³-hybridized carbons (Fsp3) is 0.500. The van der Waals surface area contributed by atoms with Gasteiger partial charge in [0.15, 0.2) is 0 Å². The highest BCUT2D eigenvalue weighted by Gasteiger charge is 2.28. The van der Waals surface area contributed by atoms with Crippen LogP contribution in [0.5, 0.6) is 5.75 Å². The number of benzene rings is 1. The van der Waals surface area contributed by atoms with Crippen LogP contribution in [-0.2, 0) is 11.2 Å². The summed E-state index contributed by atoms with van der Waals surface area (Å²) in [5.41, 5.74) is 2.22. The van der Waals surface area contributed by atoms with Crippen molar-refractivity contribution < 1.29 is 14.0 Å². The van der Waals surface area contributed by atoms with E-state index in [0.717, 1.165) is 49.9 Å². The molecule has 0 spiro atoms. The molecule has 5 heteroatoms. The highest BCUT2D eigenvalue weighted by molar-refractivity contribution is 5.59. The van der Waals surface area contributed by atoms with E-state index in [1.807, 2.05) is 12.1 Å². The number of fused-ring (bicyclic) bond motifs is 1. The minimum Gasteiger partial charge on any atom is -0.493 e. The summed E-state index contributed by atoms with van der Waals surface area (Å²) in [5.74, 6) is 3.09. The van der Waals surface area contributed by atoms with Gasteiger partial charge in [-0.3, -0.25) is 0 Å². The van der Waals surface area contributed by atoms with Gasteiger partial charge in [0.1, 0.15) is 5.75 Å². The Morgan fingerprint density at radius 2 is 2.19 bits per heavy atom. The second kappa shape index (κ2) is 5.15. The first kappa shape index (κ1) is 12.8. The van der Waals surface area contributed by atoms with Gasteiger partial charge in [-0.25, -0.2) is 0 Å². The van der Waals surface area contributed by atoms with Crippen LogP contribution in [0.1, 0.15) is 30.7 Å². The van der Waals surface area contributed by atoms with E-state index in [0.29, 0.717) is 17.7 Å². The molecule has 1 aromatic carbocycles. The lowest BCUT2D eigenvalue weighted by Gasteiger charge is -2.25. The van der Waals surface area contributed by atoms with Crippen LogP contribution >= 0.6 is 0 Å². The van der Waals surface area contributed by atoms with E-state index in [1.54, 1.807) is 0 Å². The van der Waals surface area contributed by atoms with Crippen molar-refractivity contribution in [2.45, 2.75) is 25.7 Å². The van der Waals surface area contributed by atoms with Crippen LogP contribution in [0, 0.1) is 5.92 Å². The van der Waals surface area contributed by atoms with Gasteiger partial charge in [0, 0.05) is 31.1 Å². The molecule has 2 aliphatic heterocycles. The SMILES string of the molecule is C[C@@H]1COCC[C@H]1c1nc(-c2ccc3c(c2)CCO3)no1. The molecule has 2 aliphatic rings. The van der Waals surface area contributed by atoms with Crippen molar-refractivity contribution in [2.75, 3.05) is 19.8 Å². The number of hydrogen-bond donors (Lipinski definition) is 0. The third-order valence-corrected chi connectivity index (χ3v) is 4.35. The highest BCUT2D eigenvalue weighted by Crippen LogP contribution is 2.33. The monoisotopic (exact) mass is 286 g/mol. The number of nitrogens with zero attached hydrogens (tertiary/aromatic N) is 2. The highest BCUT2D eigenvalue weighted by atomic mass is 16.5. The molecule has 1 fully saturated rings. The minimum atomic E-state index is 0.303. The topological polar surface area (TPSA) is 57.4 Å². The summed E-state index contributed by atoms with van der Waals surface area (Å²) in [6.45, 7) is 4.46. The van der Waals surface area contributed by atoms with E-state index >= 15 is 0 Å². The van der Waals surface area contributed by atoms with Crippen molar-refractivity contribution in [1.82, 2.24) is 10.1 Å². The maximum absolute atomic E-state index is 5.53. The van der Waals surface area contributed by atoms with E-state index in [9.17, 15) is 0 Å². The average Bonchev–Trinajstić information content (AvgIpc) is 3.16. The number of ether oxygens (including phenoxy) is 2. The summed E-state index contributed by atoms with van der Waals surface area (Å²) in [6, 6.07) is 6.08. The molecule has 3 heterocycles. The average molecular weight is 286 g/mol. The third kappa shape index (κ3) is 2.31.